The van der Waals surface area contributed by atoms with Gasteiger partial charge in [-0.25, -0.2) is 0 Å². The van der Waals surface area contributed by atoms with E-state index in [0.717, 1.165) is 30.0 Å². The molecule has 1 atom stereocenters. The molecule has 2 aromatic rings. The van der Waals surface area contributed by atoms with Gasteiger partial charge in [-0.15, -0.1) is 0 Å². The third-order valence-electron chi connectivity index (χ3n) is 3.49. The summed E-state index contributed by atoms with van der Waals surface area (Å²) in [5.41, 5.74) is 4.48. The molecule has 1 heterocycles. The normalized spacial score (nSPS) is 12.4. The minimum Gasteiger partial charge on any atom is -0.496 e. The van der Waals surface area contributed by atoms with Gasteiger partial charge in [0.1, 0.15) is 5.75 Å². The fourth-order valence-corrected chi connectivity index (χ4v) is 2.72. The van der Waals surface area contributed by atoms with Gasteiger partial charge in [-0.1, -0.05) is 19.1 Å². The molecule has 0 radical (unpaired) electrons. The minimum atomic E-state index is 0.0305. The summed E-state index contributed by atoms with van der Waals surface area (Å²) < 4.78 is 14.1. The number of nitrogens with zero attached hydrogens (tertiary/aromatic N) is 2. The van der Waals surface area contributed by atoms with Crippen LogP contribution in [0.1, 0.15) is 41.8 Å². The molecule has 0 aliphatic heterocycles. The molecule has 0 aliphatic carbocycles. The molecule has 1 aromatic carbocycles. The third kappa shape index (κ3) is 2.99. The van der Waals surface area contributed by atoms with E-state index in [9.17, 15) is 0 Å². The van der Waals surface area contributed by atoms with Gasteiger partial charge < -0.3 is 10.1 Å². The lowest BCUT2D eigenvalue weighted by Crippen LogP contribution is -2.24. The molecule has 0 aliphatic rings. The topological polar surface area (TPSA) is 47.0 Å². The zero-order chi connectivity index (χ0) is 14.5. The van der Waals surface area contributed by atoms with Crippen molar-refractivity contribution in [3.05, 3.63) is 40.7 Å². The smallest absolute Gasteiger partial charge is 0.127 e. The first-order chi connectivity index (χ1) is 9.69. The molecule has 1 unspecified atom stereocenters. The summed E-state index contributed by atoms with van der Waals surface area (Å²) in [7, 11) is 1.72. The van der Waals surface area contributed by atoms with Crippen molar-refractivity contribution in [1.82, 2.24) is 14.1 Å². The van der Waals surface area contributed by atoms with E-state index >= 15 is 0 Å². The average molecular weight is 291 g/mol. The van der Waals surface area contributed by atoms with Gasteiger partial charge in [-0.05, 0) is 37.9 Å². The molecule has 5 heteroatoms. The Morgan fingerprint density at radius 2 is 2.15 bits per heavy atom. The molecule has 2 rings (SSSR count). The van der Waals surface area contributed by atoms with E-state index in [0.29, 0.717) is 0 Å². The second-order valence-corrected chi connectivity index (χ2v) is 5.41. The van der Waals surface area contributed by atoms with Crippen molar-refractivity contribution in [2.45, 2.75) is 33.2 Å². The van der Waals surface area contributed by atoms with Crippen molar-refractivity contribution < 1.29 is 4.74 Å². The summed E-state index contributed by atoms with van der Waals surface area (Å²) >= 11 is 1.24. The maximum Gasteiger partial charge on any atom is 0.127 e. The van der Waals surface area contributed by atoms with Gasteiger partial charge in [0, 0.05) is 5.56 Å². The number of aromatic nitrogens is 2. The third-order valence-corrected chi connectivity index (χ3v) is 3.99. The molecular formula is C15H21N3OS. The maximum absolute atomic E-state index is 5.63. The summed E-state index contributed by atoms with van der Waals surface area (Å²) in [6, 6.07) is 4.28. The number of hydrogen-bond donors (Lipinski definition) is 1. The molecule has 1 N–H and O–H groups in total. The zero-order valence-electron chi connectivity index (χ0n) is 12.4. The number of aryl methyl sites for hydroxylation is 1. The summed E-state index contributed by atoms with van der Waals surface area (Å²) in [4.78, 5) is 0. The standard InChI is InChI=1S/C15H21N3OS/c1-5-8-16-14(13-9-17-20-18-13)12-7-6-10(2)11(3)15(12)19-4/h6-7,9,14,16H,5,8H2,1-4H3. The highest BCUT2D eigenvalue weighted by Crippen LogP contribution is 2.33. The number of methoxy groups -OCH3 is 1. The van der Waals surface area contributed by atoms with Crippen LogP contribution in [-0.2, 0) is 0 Å². The van der Waals surface area contributed by atoms with E-state index < -0.39 is 0 Å². The van der Waals surface area contributed by atoms with E-state index in [4.69, 9.17) is 4.74 Å². The first kappa shape index (κ1) is 14.9. The molecule has 20 heavy (non-hydrogen) atoms. The van der Waals surface area contributed by atoms with Crippen molar-refractivity contribution >= 4 is 11.7 Å². The number of ether oxygens (including phenoxy) is 1. The average Bonchev–Trinajstić information content (AvgIpc) is 2.97. The predicted octanol–water partition coefficient (Wildman–Crippen LogP) is 3.25. The number of rotatable bonds is 6. The van der Waals surface area contributed by atoms with Crippen LogP contribution < -0.4 is 10.1 Å². The monoisotopic (exact) mass is 291 g/mol. The Morgan fingerprint density at radius 1 is 1.35 bits per heavy atom. The van der Waals surface area contributed by atoms with Gasteiger partial charge in [0.2, 0.25) is 0 Å². The fraction of sp³-hybridized carbons (Fsp3) is 0.467. The lowest BCUT2D eigenvalue weighted by molar-refractivity contribution is 0.400. The number of benzene rings is 1. The summed E-state index contributed by atoms with van der Waals surface area (Å²) in [5, 5.41) is 3.53. The van der Waals surface area contributed by atoms with E-state index in [1.165, 1.54) is 22.9 Å². The first-order valence-electron chi connectivity index (χ1n) is 6.84. The van der Waals surface area contributed by atoms with Crippen LogP contribution in [0.4, 0.5) is 0 Å². The van der Waals surface area contributed by atoms with Crippen LogP contribution in [0.15, 0.2) is 18.3 Å². The van der Waals surface area contributed by atoms with Crippen molar-refractivity contribution in [3.8, 4) is 5.75 Å². The van der Waals surface area contributed by atoms with Crippen LogP contribution in [0, 0.1) is 13.8 Å². The lowest BCUT2D eigenvalue weighted by atomic mass is 9.97. The summed E-state index contributed by atoms with van der Waals surface area (Å²) in [5.74, 6) is 0.937. The number of nitrogens with one attached hydrogen (secondary N) is 1. The van der Waals surface area contributed by atoms with Gasteiger partial charge in [-0.3, -0.25) is 0 Å². The Morgan fingerprint density at radius 3 is 2.75 bits per heavy atom. The van der Waals surface area contributed by atoms with E-state index in [-0.39, 0.29) is 6.04 Å². The Kier molecular flexibility index (Phi) is 5.09. The number of hydrogen-bond acceptors (Lipinski definition) is 5. The Balaban J connectivity index is 2.46. The van der Waals surface area contributed by atoms with Crippen molar-refractivity contribution in [2.24, 2.45) is 0 Å². The molecule has 0 bridgehead atoms. The largest absolute Gasteiger partial charge is 0.496 e. The van der Waals surface area contributed by atoms with Crippen LogP contribution in [0.25, 0.3) is 0 Å². The highest BCUT2D eigenvalue weighted by atomic mass is 32.1. The molecule has 4 nitrogen and oxygen atoms in total. The Labute approximate surface area is 124 Å². The van der Waals surface area contributed by atoms with Gasteiger partial charge in [-0.2, -0.15) is 8.75 Å². The second kappa shape index (κ2) is 6.81. The van der Waals surface area contributed by atoms with Gasteiger partial charge in [0.05, 0.1) is 36.8 Å². The summed E-state index contributed by atoms with van der Waals surface area (Å²) in [6.45, 7) is 7.27. The van der Waals surface area contributed by atoms with Crippen LogP contribution in [0.5, 0.6) is 5.75 Å². The van der Waals surface area contributed by atoms with Crippen LogP contribution in [0.3, 0.4) is 0 Å². The lowest BCUT2D eigenvalue weighted by Gasteiger charge is -2.21. The molecule has 0 spiro atoms. The van der Waals surface area contributed by atoms with E-state index in [1.54, 1.807) is 7.11 Å². The van der Waals surface area contributed by atoms with Gasteiger partial charge in [0.15, 0.2) is 0 Å². The molecule has 108 valence electrons. The molecule has 1 aromatic heterocycles. The SMILES string of the molecule is CCCNC(c1cnsn1)c1ccc(C)c(C)c1OC. The quantitative estimate of drug-likeness (QED) is 0.887. The molecule has 0 saturated heterocycles. The van der Waals surface area contributed by atoms with Crippen molar-refractivity contribution in [3.63, 3.8) is 0 Å². The second-order valence-electron chi connectivity index (χ2n) is 4.85. The molecule has 0 saturated carbocycles. The van der Waals surface area contributed by atoms with Crippen LogP contribution in [0.2, 0.25) is 0 Å². The highest BCUT2D eigenvalue weighted by molar-refractivity contribution is 6.99. The molecular weight excluding hydrogens is 270 g/mol. The first-order valence-corrected chi connectivity index (χ1v) is 7.57. The molecule has 0 fully saturated rings. The zero-order valence-corrected chi connectivity index (χ0v) is 13.3. The Hall–Kier alpha value is -1.46. The Bertz CT molecular complexity index is 554. The van der Waals surface area contributed by atoms with E-state index in [2.05, 4.69) is 47.0 Å². The predicted molar refractivity (Wildman–Crippen MR) is 82.5 cm³/mol. The highest BCUT2D eigenvalue weighted by Gasteiger charge is 2.21. The van der Waals surface area contributed by atoms with Gasteiger partial charge >= 0.3 is 0 Å². The van der Waals surface area contributed by atoms with Crippen LogP contribution in [-0.4, -0.2) is 22.4 Å². The molecule has 0 amide bonds. The van der Waals surface area contributed by atoms with Gasteiger partial charge in [0.25, 0.3) is 0 Å². The van der Waals surface area contributed by atoms with Crippen molar-refractivity contribution in [2.75, 3.05) is 13.7 Å². The maximum atomic E-state index is 5.63. The summed E-state index contributed by atoms with van der Waals surface area (Å²) in [6.07, 6.45) is 2.90. The van der Waals surface area contributed by atoms with Crippen molar-refractivity contribution in [1.29, 1.82) is 0 Å². The fourth-order valence-electron chi connectivity index (χ4n) is 2.27. The van der Waals surface area contributed by atoms with E-state index in [1.807, 2.05) is 6.20 Å². The minimum absolute atomic E-state index is 0.0305. The van der Waals surface area contributed by atoms with Crippen LogP contribution >= 0.6 is 11.7 Å².